The predicted molar refractivity (Wildman–Crippen MR) is 83.9 cm³/mol. The third kappa shape index (κ3) is 2.42. The molecule has 1 aromatic carbocycles. The van der Waals surface area contributed by atoms with E-state index in [2.05, 4.69) is 26.0 Å². The maximum absolute atomic E-state index is 13.8. The van der Waals surface area contributed by atoms with Crippen LogP contribution in [0.5, 0.6) is 0 Å². The maximum atomic E-state index is 13.8. The lowest BCUT2D eigenvalue weighted by Crippen LogP contribution is -1.98. The Hall–Kier alpha value is -2.21. The Labute approximate surface area is 129 Å². The van der Waals surface area contributed by atoms with Crippen LogP contribution in [0.15, 0.2) is 47.2 Å². The molecule has 0 aliphatic rings. The summed E-state index contributed by atoms with van der Waals surface area (Å²) in [6.45, 7) is 0. The van der Waals surface area contributed by atoms with Gasteiger partial charge in [0.05, 0.1) is 10.0 Å². The number of aromatic nitrogens is 3. The Morgan fingerprint density at radius 3 is 2.71 bits per heavy atom. The van der Waals surface area contributed by atoms with Gasteiger partial charge in [-0.3, -0.25) is 9.67 Å². The van der Waals surface area contributed by atoms with Crippen LogP contribution in [0.4, 0.5) is 10.2 Å². The zero-order valence-electron chi connectivity index (χ0n) is 11.2. The van der Waals surface area contributed by atoms with Crippen molar-refractivity contribution in [1.29, 1.82) is 0 Å². The summed E-state index contributed by atoms with van der Waals surface area (Å²) < 4.78 is 15.8. The molecule has 3 rings (SSSR count). The summed E-state index contributed by atoms with van der Waals surface area (Å²) in [5.74, 6) is 0.176. The van der Waals surface area contributed by atoms with Gasteiger partial charge in [-0.25, -0.2) is 4.39 Å². The molecular formula is C15H12BrFN4. The zero-order chi connectivity index (χ0) is 15.0. The largest absolute Gasteiger partial charge is 0.383 e. The van der Waals surface area contributed by atoms with Gasteiger partial charge < -0.3 is 5.73 Å². The van der Waals surface area contributed by atoms with Crippen molar-refractivity contribution in [2.24, 2.45) is 7.05 Å². The van der Waals surface area contributed by atoms with E-state index in [-0.39, 0.29) is 5.82 Å². The number of nitrogens with zero attached hydrogens (tertiary/aromatic N) is 3. The van der Waals surface area contributed by atoms with Gasteiger partial charge in [0, 0.05) is 30.6 Å². The highest BCUT2D eigenvalue weighted by atomic mass is 79.9. The van der Waals surface area contributed by atoms with Crippen molar-refractivity contribution >= 4 is 21.7 Å². The minimum Gasteiger partial charge on any atom is -0.383 e. The number of halogens is 2. The summed E-state index contributed by atoms with van der Waals surface area (Å²) in [6.07, 6.45) is 3.40. The second-order valence-corrected chi connectivity index (χ2v) is 5.46. The van der Waals surface area contributed by atoms with E-state index in [1.807, 2.05) is 12.1 Å². The van der Waals surface area contributed by atoms with Crippen molar-refractivity contribution in [3.05, 3.63) is 53.0 Å². The fourth-order valence-electron chi connectivity index (χ4n) is 2.18. The molecule has 2 aromatic heterocycles. The third-order valence-corrected chi connectivity index (χ3v) is 3.88. The van der Waals surface area contributed by atoms with Crippen molar-refractivity contribution < 1.29 is 4.39 Å². The summed E-state index contributed by atoms with van der Waals surface area (Å²) in [5, 5.41) is 4.41. The SMILES string of the molecule is Cn1nc(-c2ccc(Br)c(F)c2)c(-c2cccnc2)c1N. The molecular weight excluding hydrogens is 335 g/mol. The van der Waals surface area contributed by atoms with Gasteiger partial charge >= 0.3 is 0 Å². The first-order valence-corrected chi connectivity index (χ1v) is 7.05. The summed E-state index contributed by atoms with van der Waals surface area (Å²) in [4.78, 5) is 4.10. The van der Waals surface area contributed by atoms with E-state index in [0.29, 0.717) is 21.5 Å². The highest BCUT2D eigenvalue weighted by molar-refractivity contribution is 9.10. The minimum atomic E-state index is -0.339. The first-order valence-electron chi connectivity index (χ1n) is 6.26. The van der Waals surface area contributed by atoms with Crippen LogP contribution in [-0.2, 0) is 7.05 Å². The molecule has 0 aliphatic carbocycles. The number of hydrogen-bond acceptors (Lipinski definition) is 3. The molecule has 4 nitrogen and oxygen atoms in total. The third-order valence-electron chi connectivity index (χ3n) is 3.23. The van der Waals surface area contributed by atoms with Gasteiger partial charge in [0.15, 0.2) is 0 Å². The quantitative estimate of drug-likeness (QED) is 0.770. The molecule has 0 spiro atoms. The Bertz CT molecular complexity index is 799. The topological polar surface area (TPSA) is 56.7 Å². The van der Waals surface area contributed by atoms with Crippen LogP contribution < -0.4 is 5.73 Å². The zero-order valence-corrected chi connectivity index (χ0v) is 12.8. The molecule has 0 saturated carbocycles. The van der Waals surface area contributed by atoms with Gasteiger partial charge in [-0.15, -0.1) is 0 Å². The van der Waals surface area contributed by atoms with Crippen LogP contribution in [0.1, 0.15) is 0 Å². The number of nitrogens with two attached hydrogens (primary N) is 1. The summed E-state index contributed by atoms with van der Waals surface area (Å²) >= 11 is 3.15. The summed E-state index contributed by atoms with van der Waals surface area (Å²) in [5.41, 5.74) is 9.02. The molecule has 2 heterocycles. The lowest BCUT2D eigenvalue weighted by molar-refractivity contribution is 0.621. The van der Waals surface area contributed by atoms with E-state index >= 15 is 0 Å². The second-order valence-electron chi connectivity index (χ2n) is 4.60. The second kappa shape index (κ2) is 5.29. The average Bonchev–Trinajstić information content (AvgIpc) is 2.79. The van der Waals surface area contributed by atoms with Gasteiger partial charge in [-0.05, 0) is 34.1 Å². The predicted octanol–water partition coefficient (Wildman–Crippen LogP) is 3.63. The monoisotopic (exact) mass is 346 g/mol. The van der Waals surface area contributed by atoms with E-state index in [0.717, 1.165) is 11.1 Å². The fourth-order valence-corrected chi connectivity index (χ4v) is 2.42. The van der Waals surface area contributed by atoms with E-state index < -0.39 is 0 Å². The van der Waals surface area contributed by atoms with Crippen molar-refractivity contribution in [3.8, 4) is 22.4 Å². The Kier molecular flexibility index (Phi) is 3.47. The molecule has 0 fully saturated rings. The number of pyridine rings is 1. The number of rotatable bonds is 2. The number of benzene rings is 1. The molecule has 0 amide bonds. The molecule has 3 aromatic rings. The normalized spacial score (nSPS) is 10.8. The maximum Gasteiger partial charge on any atom is 0.138 e. The Morgan fingerprint density at radius 1 is 1.24 bits per heavy atom. The van der Waals surface area contributed by atoms with Crippen LogP contribution in [0.3, 0.4) is 0 Å². The van der Waals surface area contributed by atoms with Gasteiger partial charge in [-0.2, -0.15) is 5.10 Å². The number of hydrogen-bond donors (Lipinski definition) is 1. The van der Waals surface area contributed by atoms with Gasteiger partial charge in [0.2, 0.25) is 0 Å². The number of nitrogen functional groups attached to an aromatic ring is 1. The first-order chi connectivity index (χ1) is 10.1. The Balaban J connectivity index is 2.24. The van der Waals surface area contributed by atoms with Crippen LogP contribution in [0, 0.1) is 5.82 Å². The van der Waals surface area contributed by atoms with E-state index in [9.17, 15) is 4.39 Å². The molecule has 2 N–H and O–H groups in total. The molecule has 0 atom stereocenters. The highest BCUT2D eigenvalue weighted by Crippen LogP contribution is 2.36. The van der Waals surface area contributed by atoms with Crippen molar-refractivity contribution in [3.63, 3.8) is 0 Å². The standard InChI is InChI=1S/C15H12BrFN4/c1-21-15(18)13(10-3-2-6-19-8-10)14(20-21)9-4-5-11(16)12(17)7-9/h2-8H,18H2,1H3. The number of aryl methyl sites for hydroxylation is 1. The lowest BCUT2D eigenvalue weighted by Gasteiger charge is -2.04. The summed E-state index contributed by atoms with van der Waals surface area (Å²) in [7, 11) is 1.76. The van der Waals surface area contributed by atoms with Crippen LogP contribution in [0.25, 0.3) is 22.4 Å². The molecule has 0 radical (unpaired) electrons. The highest BCUT2D eigenvalue weighted by Gasteiger charge is 2.18. The molecule has 0 aliphatic heterocycles. The van der Waals surface area contributed by atoms with Crippen molar-refractivity contribution in [1.82, 2.24) is 14.8 Å². The van der Waals surface area contributed by atoms with Crippen LogP contribution in [-0.4, -0.2) is 14.8 Å². The molecule has 0 unspecified atom stereocenters. The van der Waals surface area contributed by atoms with Crippen LogP contribution in [0.2, 0.25) is 0 Å². The molecule has 0 bridgehead atoms. The fraction of sp³-hybridized carbons (Fsp3) is 0.0667. The number of anilines is 1. The first kappa shape index (κ1) is 13.8. The van der Waals surface area contributed by atoms with Crippen LogP contribution >= 0.6 is 15.9 Å². The minimum absolute atomic E-state index is 0.339. The van der Waals surface area contributed by atoms with Crippen molar-refractivity contribution in [2.75, 3.05) is 5.73 Å². The van der Waals surface area contributed by atoms with Gasteiger partial charge in [0.1, 0.15) is 17.3 Å². The molecule has 6 heteroatoms. The van der Waals surface area contributed by atoms with E-state index in [1.165, 1.54) is 6.07 Å². The Morgan fingerprint density at radius 2 is 2.05 bits per heavy atom. The lowest BCUT2D eigenvalue weighted by atomic mass is 10.0. The van der Waals surface area contributed by atoms with Gasteiger partial charge in [-0.1, -0.05) is 12.1 Å². The smallest absolute Gasteiger partial charge is 0.138 e. The molecule has 106 valence electrons. The van der Waals surface area contributed by atoms with Crippen molar-refractivity contribution in [2.45, 2.75) is 0 Å². The van der Waals surface area contributed by atoms with E-state index in [4.69, 9.17) is 5.73 Å². The molecule has 21 heavy (non-hydrogen) atoms. The summed E-state index contributed by atoms with van der Waals surface area (Å²) in [6, 6.07) is 8.62. The average molecular weight is 347 g/mol. The molecule has 0 saturated heterocycles. The van der Waals surface area contributed by atoms with Gasteiger partial charge in [0.25, 0.3) is 0 Å². The van der Waals surface area contributed by atoms with E-state index in [1.54, 1.807) is 36.3 Å².